The summed E-state index contributed by atoms with van der Waals surface area (Å²) in [6.45, 7) is 5.40. The van der Waals surface area contributed by atoms with Gasteiger partial charge in [0.05, 0.1) is 26.4 Å². The third kappa shape index (κ3) is 7.62. The Morgan fingerprint density at radius 1 is 0.962 bits per heavy atom. The number of ether oxygens (including phenoxy) is 3. The molecule has 0 radical (unpaired) electrons. The van der Waals surface area contributed by atoms with Gasteiger partial charge in [0, 0.05) is 18.7 Å². The van der Waals surface area contributed by atoms with Gasteiger partial charge in [0.25, 0.3) is 0 Å². The Kier molecular flexibility index (Phi) is 11.5. The maximum atomic E-state index is 8.70. The van der Waals surface area contributed by atoms with Crippen molar-refractivity contribution in [1.29, 1.82) is 0 Å². The van der Waals surface area contributed by atoms with Gasteiger partial charge in [-0.1, -0.05) is 42.5 Å². The van der Waals surface area contributed by atoms with Gasteiger partial charge in [-0.25, -0.2) is 0 Å². The first-order valence-corrected chi connectivity index (χ1v) is 8.66. The van der Waals surface area contributed by atoms with Crippen LogP contribution in [-0.4, -0.2) is 38.1 Å². The van der Waals surface area contributed by atoms with E-state index in [2.05, 4.69) is 5.32 Å². The minimum Gasteiger partial charge on any atom is -0.490 e. The van der Waals surface area contributed by atoms with Crippen molar-refractivity contribution in [3.63, 3.8) is 0 Å². The van der Waals surface area contributed by atoms with E-state index in [9.17, 15) is 0 Å². The largest absolute Gasteiger partial charge is 0.490 e. The summed E-state index contributed by atoms with van der Waals surface area (Å²) in [5.41, 5.74) is 2.16. The molecule has 0 aromatic heterocycles. The molecule has 0 fully saturated rings. The molecule has 0 spiro atoms. The lowest BCUT2D eigenvalue weighted by Gasteiger charge is -2.16. The third-order valence-electron chi connectivity index (χ3n) is 3.56. The van der Waals surface area contributed by atoms with Gasteiger partial charge in [-0.05, 0) is 18.6 Å². The lowest BCUT2D eigenvalue weighted by molar-refractivity contribution is 0.0937. The van der Waals surface area contributed by atoms with E-state index in [4.69, 9.17) is 19.3 Å². The molecule has 0 aliphatic heterocycles. The van der Waals surface area contributed by atoms with Crippen LogP contribution in [0.2, 0.25) is 0 Å². The molecule has 2 aromatic carbocycles. The monoisotopic (exact) mass is 381 g/mol. The summed E-state index contributed by atoms with van der Waals surface area (Å²) in [6, 6.07) is 16.0. The first-order valence-electron chi connectivity index (χ1n) is 8.66. The van der Waals surface area contributed by atoms with Crippen LogP contribution in [-0.2, 0) is 17.9 Å². The highest BCUT2D eigenvalue weighted by molar-refractivity contribution is 5.85. The second-order valence-corrected chi connectivity index (χ2v) is 5.46. The fraction of sp³-hybridized carbons (Fsp3) is 0.400. The fourth-order valence-electron chi connectivity index (χ4n) is 2.40. The Bertz CT molecular complexity index is 610. The summed E-state index contributed by atoms with van der Waals surface area (Å²) in [7, 11) is 0. The van der Waals surface area contributed by atoms with E-state index in [1.807, 2.05) is 55.5 Å². The molecule has 0 unspecified atom stereocenters. The van der Waals surface area contributed by atoms with Gasteiger partial charge >= 0.3 is 0 Å². The summed E-state index contributed by atoms with van der Waals surface area (Å²) in [6.07, 6.45) is 0. The van der Waals surface area contributed by atoms with Gasteiger partial charge in [0.2, 0.25) is 0 Å². The maximum absolute atomic E-state index is 8.70. The first-order chi connectivity index (χ1) is 12.3. The number of hydrogen-bond acceptors (Lipinski definition) is 5. The number of nitrogens with one attached hydrogen (secondary N) is 1. The summed E-state index contributed by atoms with van der Waals surface area (Å²) in [5.74, 6) is 1.53. The van der Waals surface area contributed by atoms with Gasteiger partial charge < -0.3 is 24.6 Å². The van der Waals surface area contributed by atoms with E-state index in [0.29, 0.717) is 39.5 Å². The molecule has 5 nitrogen and oxygen atoms in total. The van der Waals surface area contributed by atoms with Crippen LogP contribution in [0.15, 0.2) is 48.5 Å². The average molecular weight is 382 g/mol. The standard InChI is InChI=1S/C20H27NO4.ClH/c1-2-24-19-10-6-9-18(15-21-11-13-23-14-12-22)20(19)25-16-17-7-4-3-5-8-17;/h3-10,21-22H,2,11-16H2,1H3;1H. The lowest BCUT2D eigenvalue weighted by atomic mass is 10.1. The highest BCUT2D eigenvalue weighted by Gasteiger charge is 2.11. The number of para-hydroxylation sites is 1. The Morgan fingerprint density at radius 3 is 2.50 bits per heavy atom. The Labute approximate surface area is 161 Å². The van der Waals surface area contributed by atoms with E-state index >= 15 is 0 Å². The lowest BCUT2D eigenvalue weighted by Crippen LogP contribution is -2.20. The predicted molar refractivity (Wildman–Crippen MR) is 105 cm³/mol. The van der Waals surface area contributed by atoms with E-state index in [1.54, 1.807) is 0 Å². The van der Waals surface area contributed by atoms with Crippen molar-refractivity contribution in [3.05, 3.63) is 59.7 Å². The van der Waals surface area contributed by atoms with Crippen molar-refractivity contribution in [1.82, 2.24) is 5.32 Å². The SMILES string of the molecule is CCOc1cccc(CNCCOCCO)c1OCc1ccccc1.Cl. The Balaban J connectivity index is 0.00000338. The number of aliphatic hydroxyl groups is 1. The fourth-order valence-corrected chi connectivity index (χ4v) is 2.40. The van der Waals surface area contributed by atoms with Crippen LogP contribution in [0.25, 0.3) is 0 Å². The van der Waals surface area contributed by atoms with Gasteiger partial charge in [0.15, 0.2) is 11.5 Å². The summed E-state index contributed by atoms with van der Waals surface area (Å²) >= 11 is 0. The van der Waals surface area contributed by atoms with Gasteiger partial charge in [-0.2, -0.15) is 0 Å². The van der Waals surface area contributed by atoms with Crippen LogP contribution >= 0.6 is 12.4 Å². The first kappa shape index (κ1) is 22.3. The number of benzene rings is 2. The molecule has 0 saturated heterocycles. The molecule has 2 N–H and O–H groups in total. The minimum atomic E-state index is 0. The van der Waals surface area contributed by atoms with Crippen molar-refractivity contribution < 1.29 is 19.3 Å². The van der Waals surface area contributed by atoms with E-state index in [0.717, 1.165) is 22.6 Å². The van der Waals surface area contributed by atoms with Crippen LogP contribution in [0.5, 0.6) is 11.5 Å². The van der Waals surface area contributed by atoms with Gasteiger partial charge in [0.1, 0.15) is 6.61 Å². The molecule has 2 aromatic rings. The summed E-state index contributed by atoms with van der Waals surface area (Å²) < 4.78 is 17.0. The van der Waals surface area contributed by atoms with E-state index in [-0.39, 0.29) is 19.0 Å². The van der Waals surface area contributed by atoms with Crippen molar-refractivity contribution in [2.24, 2.45) is 0 Å². The molecule has 6 heteroatoms. The van der Waals surface area contributed by atoms with Crippen molar-refractivity contribution >= 4 is 12.4 Å². The molecule has 0 heterocycles. The normalized spacial score (nSPS) is 10.2. The van der Waals surface area contributed by atoms with Crippen LogP contribution in [0.3, 0.4) is 0 Å². The molecule has 2 rings (SSSR count). The number of aliphatic hydroxyl groups excluding tert-OH is 1. The van der Waals surface area contributed by atoms with Crippen LogP contribution in [0.4, 0.5) is 0 Å². The number of rotatable bonds is 12. The summed E-state index contributed by atoms with van der Waals surface area (Å²) in [5, 5.41) is 12.0. The zero-order valence-corrected chi connectivity index (χ0v) is 16.0. The highest BCUT2D eigenvalue weighted by atomic mass is 35.5. The molecule has 26 heavy (non-hydrogen) atoms. The molecule has 0 bridgehead atoms. The smallest absolute Gasteiger partial charge is 0.166 e. The Morgan fingerprint density at radius 2 is 1.77 bits per heavy atom. The molecule has 0 amide bonds. The molecule has 0 aliphatic carbocycles. The third-order valence-corrected chi connectivity index (χ3v) is 3.56. The highest BCUT2D eigenvalue weighted by Crippen LogP contribution is 2.32. The molecular formula is C20H28ClNO4. The number of hydrogen-bond donors (Lipinski definition) is 2. The van der Waals surface area contributed by atoms with Crippen molar-refractivity contribution in [2.75, 3.05) is 33.0 Å². The minimum absolute atomic E-state index is 0. The topological polar surface area (TPSA) is 60.0 Å². The number of halogens is 1. The zero-order chi connectivity index (χ0) is 17.7. The second kappa shape index (κ2) is 13.4. The quantitative estimate of drug-likeness (QED) is 0.553. The molecule has 0 aliphatic rings. The molecule has 0 atom stereocenters. The molecule has 0 saturated carbocycles. The van der Waals surface area contributed by atoms with Crippen molar-refractivity contribution in [2.45, 2.75) is 20.1 Å². The van der Waals surface area contributed by atoms with Crippen LogP contribution in [0.1, 0.15) is 18.1 Å². The molecule has 144 valence electrons. The van der Waals surface area contributed by atoms with Crippen molar-refractivity contribution in [3.8, 4) is 11.5 Å². The van der Waals surface area contributed by atoms with Crippen LogP contribution < -0.4 is 14.8 Å². The molecular weight excluding hydrogens is 354 g/mol. The Hall–Kier alpha value is -1.79. The average Bonchev–Trinajstić information content (AvgIpc) is 2.65. The maximum Gasteiger partial charge on any atom is 0.166 e. The summed E-state index contributed by atoms with van der Waals surface area (Å²) in [4.78, 5) is 0. The van der Waals surface area contributed by atoms with E-state index in [1.165, 1.54) is 0 Å². The predicted octanol–water partition coefficient (Wildman–Crippen LogP) is 3.18. The van der Waals surface area contributed by atoms with E-state index < -0.39 is 0 Å². The second-order valence-electron chi connectivity index (χ2n) is 5.46. The van der Waals surface area contributed by atoms with Crippen LogP contribution in [0, 0.1) is 0 Å². The zero-order valence-electron chi connectivity index (χ0n) is 15.1. The van der Waals surface area contributed by atoms with Gasteiger partial charge in [-0.3, -0.25) is 0 Å². The van der Waals surface area contributed by atoms with Gasteiger partial charge in [-0.15, -0.1) is 12.4 Å².